The van der Waals surface area contributed by atoms with E-state index in [0.717, 1.165) is 12.1 Å². The van der Waals surface area contributed by atoms with Crippen molar-refractivity contribution in [2.75, 3.05) is 0 Å². The van der Waals surface area contributed by atoms with Crippen molar-refractivity contribution in [1.29, 1.82) is 0 Å². The zero-order valence-electron chi connectivity index (χ0n) is 8.32. The molecule has 0 fully saturated rings. The van der Waals surface area contributed by atoms with Crippen LogP contribution in [0.3, 0.4) is 0 Å². The van der Waals surface area contributed by atoms with Crippen LogP contribution in [0.5, 0.6) is 0 Å². The molecule has 17 heavy (non-hydrogen) atoms. The highest BCUT2D eigenvalue weighted by Gasteiger charge is 2.17. The fourth-order valence-electron chi connectivity index (χ4n) is 1.94. The van der Waals surface area contributed by atoms with E-state index in [1.54, 1.807) is 0 Å². The molecule has 0 amide bonds. The largest absolute Gasteiger partial charge is 0.352 e. The average Bonchev–Trinajstić information content (AvgIpc) is 2.65. The van der Waals surface area contributed by atoms with E-state index < -0.39 is 23.3 Å². The van der Waals surface area contributed by atoms with E-state index >= 15 is 0 Å². The van der Waals surface area contributed by atoms with Crippen molar-refractivity contribution in [3.05, 3.63) is 47.5 Å². The summed E-state index contributed by atoms with van der Waals surface area (Å²) < 4.78 is 53.1. The summed E-state index contributed by atoms with van der Waals surface area (Å²) in [7, 11) is 0. The maximum absolute atomic E-state index is 13.6. The third-order valence-corrected chi connectivity index (χ3v) is 2.68. The average molecular weight is 239 g/mol. The smallest absolute Gasteiger partial charge is 0.169 e. The molecule has 0 atom stereocenters. The highest BCUT2D eigenvalue weighted by molar-refractivity contribution is 6.07. The summed E-state index contributed by atoms with van der Waals surface area (Å²) in [5.41, 5.74) is 0.0629. The molecule has 1 N–H and O–H groups in total. The van der Waals surface area contributed by atoms with Gasteiger partial charge >= 0.3 is 0 Å². The Morgan fingerprint density at radius 1 is 0.882 bits per heavy atom. The van der Waals surface area contributed by atoms with Gasteiger partial charge in [0.15, 0.2) is 11.6 Å². The maximum Gasteiger partial charge on any atom is 0.169 e. The SMILES string of the molecule is Fc1ccc2c(c1)[nH]c1c(F)cc(F)c(F)c12. The fourth-order valence-corrected chi connectivity index (χ4v) is 1.94. The maximum atomic E-state index is 13.6. The van der Waals surface area contributed by atoms with Gasteiger partial charge in [-0.25, -0.2) is 17.6 Å². The Balaban J connectivity index is 2.61. The number of benzene rings is 2. The number of nitrogens with one attached hydrogen (secondary N) is 1. The monoisotopic (exact) mass is 239 g/mol. The zero-order valence-corrected chi connectivity index (χ0v) is 8.32. The van der Waals surface area contributed by atoms with Gasteiger partial charge < -0.3 is 4.98 Å². The van der Waals surface area contributed by atoms with E-state index in [0.29, 0.717) is 6.07 Å². The molecule has 0 radical (unpaired) electrons. The summed E-state index contributed by atoms with van der Waals surface area (Å²) in [5.74, 6) is -3.85. The third kappa shape index (κ3) is 1.32. The summed E-state index contributed by atoms with van der Waals surface area (Å²) in [5, 5.41) is 0.0507. The number of fused-ring (bicyclic) bond motifs is 3. The van der Waals surface area contributed by atoms with Crippen molar-refractivity contribution in [3.8, 4) is 0 Å². The molecular formula is C12H5F4N. The second-order valence-corrected chi connectivity index (χ2v) is 3.72. The van der Waals surface area contributed by atoms with Gasteiger partial charge in [-0.05, 0) is 18.2 Å². The van der Waals surface area contributed by atoms with Gasteiger partial charge in [0.2, 0.25) is 0 Å². The highest BCUT2D eigenvalue weighted by atomic mass is 19.2. The number of H-pyrrole nitrogens is 1. The Hall–Kier alpha value is -2.04. The van der Waals surface area contributed by atoms with E-state index in [1.165, 1.54) is 6.07 Å². The van der Waals surface area contributed by atoms with Gasteiger partial charge in [-0.1, -0.05) is 0 Å². The van der Waals surface area contributed by atoms with Crippen LogP contribution in [0, 0.1) is 23.3 Å². The summed E-state index contributed by atoms with van der Waals surface area (Å²) in [6.45, 7) is 0. The van der Waals surface area contributed by atoms with Crippen LogP contribution in [0.1, 0.15) is 0 Å². The van der Waals surface area contributed by atoms with Gasteiger partial charge in [0.05, 0.1) is 5.52 Å². The van der Waals surface area contributed by atoms with E-state index in [4.69, 9.17) is 0 Å². The van der Waals surface area contributed by atoms with Gasteiger partial charge in [0.1, 0.15) is 11.6 Å². The lowest BCUT2D eigenvalue weighted by atomic mass is 10.1. The summed E-state index contributed by atoms with van der Waals surface area (Å²) >= 11 is 0. The molecule has 0 aliphatic carbocycles. The molecule has 3 rings (SSSR count). The van der Waals surface area contributed by atoms with E-state index in [-0.39, 0.29) is 21.8 Å². The van der Waals surface area contributed by atoms with Crippen LogP contribution < -0.4 is 0 Å². The number of aromatic amines is 1. The van der Waals surface area contributed by atoms with Crippen LogP contribution in [0.4, 0.5) is 17.6 Å². The number of hydrogen-bond donors (Lipinski definition) is 1. The van der Waals surface area contributed by atoms with Crippen molar-refractivity contribution in [1.82, 2.24) is 4.98 Å². The van der Waals surface area contributed by atoms with Crippen molar-refractivity contribution in [2.24, 2.45) is 0 Å². The van der Waals surface area contributed by atoms with Crippen LogP contribution in [-0.2, 0) is 0 Å². The lowest BCUT2D eigenvalue weighted by Crippen LogP contribution is -1.88. The van der Waals surface area contributed by atoms with Crippen molar-refractivity contribution < 1.29 is 17.6 Å². The molecule has 0 saturated carbocycles. The normalized spacial score (nSPS) is 11.5. The van der Waals surface area contributed by atoms with Crippen molar-refractivity contribution in [3.63, 3.8) is 0 Å². The molecule has 0 aliphatic rings. The van der Waals surface area contributed by atoms with Gasteiger partial charge in [0, 0.05) is 22.4 Å². The lowest BCUT2D eigenvalue weighted by molar-refractivity contribution is 0.506. The Bertz CT molecular complexity index is 745. The fraction of sp³-hybridized carbons (Fsp3) is 0. The first-order chi connectivity index (χ1) is 8.08. The van der Waals surface area contributed by atoms with Crippen molar-refractivity contribution >= 4 is 21.8 Å². The van der Waals surface area contributed by atoms with Gasteiger partial charge in [-0.3, -0.25) is 0 Å². The topological polar surface area (TPSA) is 15.8 Å². The van der Waals surface area contributed by atoms with Gasteiger partial charge in [-0.2, -0.15) is 0 Å². The minimum Gasteiger partial charge on any atom is -0.352 e. The molecule has 5 heteroatoms. The van der Waals surface area contributed by atoms with Gasteiger partial charge in [0.25, 0.3) is 0 Å². The van der Waals surface area contributed by atoms with E-state index in [1.807, 2.05) is 0 Å². The molecule has 0 unspecified atom stereocenters. The Labute approximate surface area is 92.7 Å². The van der Waals surface area contributed by atoms with Crippen molar-refractivity contribution in [2.45, 2.75) is 0 Å². The molecule has 0 saturated heterocycles. The molecule has 86 valence electrons. The molecule has 1 aromatic heterocycles. The predicted octanol–water partition coefficient (Wildman–Crippen LogP) is 3.88. The quantitative estimate of drug-likeness (QED) is 0.452. The van der Waals surface area contributed by atoms with Gasteiger partial charge in [-0.15, -0.1) is 0 Å². The molecule has 0 spiro atoms. The standard InChI is InChI=1S/C12H5F4N/c13-5-1-2-6-9(3-5)17-12-8(15)4-7(14)11(16)10(6)12/h1-4,17H. The summed E-state index contributed by atoms with van der Waals surface area (Å²) in [6.07, 6.45) is 0. The number of rotatable bonds is 0. The van der Waals surface area contributed by atoms with E-state index in [2.05, 4.69) is 4.98 Å². The molecule has 3 aromatic rings. The number of aromatic nitrogens is 1. The number of halogens is 4. The Morgan fingerprint density at radius 2 is 1.65 bits per heavy atom. The first kappa shape index (κ1) is 10.1. The van der Waals surface area contributed by atoms with Crippen LogP contribution in [0.25, 0.3) is 21.8 Å². The molecule has 2 aromatic carbocycles. The lowest BCUT2D eigenvalue weighted by Gasteiger charge is -1.97. The second kappa shape index (κ2) is 3.23. The third-order valence-electron chi connectivity index (χ3n) is 2.68. The highest BCUT2D eigenvalue weighted by Crippen LogP contribution is 2.31. The second-order valence-electron chi connectivity index (χ2n) is 3.72. The minimum atomic E-state index is -1.26. The Kier molecular flexibility index (Phi) is 1.92. The molecular weight excluding hydrogens is 234 g/mol. The van der Waals surface area contributed by atoms with Crippen LogP contribution in [0.15, 0.2) is 24.3 Å². The van der Waals surface area contributed by atoms with Crippen LogP contribution >= 0.6 is 0 Å². The zero-order chi connectivity index (χ0) is 12.2. The first-order valence-corrected chi connectivity index (χ1v) is 4.82. The number of hydrogen-bond acceptors (Lipinski definition) is 0. The molecule has 0 bridgehead atoms. The summed E-state index contributed by atoms with van der Waals surface area (Å²) in [4.78, 5) is 2.53. The molecule has 0 aliphatic heterocycles. The van der Waals surface area contributed by atoms with Crippen LogP contribution in [-0.4, -0.2) is 4.98 Å². The first-order valence-electron chi connectivity index (χ1n) is 4.82. The Morgan fingerprint density at radius 3 is 2.41 bits per heavy atom. The van der Waals surface area contributed by atoms with E-state index in [9.17, 15) is 17.6 Å². The summed E-state index contributed by atoms with van der Waals surface area (Å²) in [6, 6.07) is 3.96. The van der Waals surface area contributed by atoms with Crippen LogP contribution in [0.2, 0.25) is 0 Å². The molecule has 1 heterocycles. The predicted molar refractivity (Wildman–Crippen MR) is 55.6 cm³/mol. The minimum absolute atomic E-state index is 0.162. The molecule has 1 nitrogen and oxygen atoms in total.